The summed E-state index contributed by atoms with van der Waals surface area (Å²) in [4.78, 5) is 0. The van der Waals surface area contributed by atoms with E-state index in [0.29, 0.717) is 0 Å². The van der Waals surface area contributed by atoms with Gasteiger partial charge in [0.1, 0.15) is 11.6 Å². The SMILES string of the molecule is Fc1[c]c(F)c(Br)cc1. The molecular weight excluding hydrogens is 190 g/mol. The van der Waals surface area contributed by atoms with Crippen LogP contribution in [0.25, 0.3) is 0 Å². The summed E-state index contributed by atoms with van der Waals surface area (Å²) in [6, 6.07) is 4.28. The lowest BCUT2D eigenvalue weighted by Gasteiger charge is -1.89. The first-order valence-corrected chi connectivity index (χ1v) is 3.02. The van der Waals surface area contributed by atoms with Crippen molar-refractivity contribution in [3.05, 3.63) is 34.3 Å². The molecule has 0 saturated carbocycles. The van der Waals surface area contributed by atoms with Crippen LogP contribution >= 0.6 is 15.9 Å². The maximum absolute atomic E-state index is 12.2. The van der Waals surface area contributed by atoms with Crippen molar-refractivity contribution in [3.8, 4) is 0 Å². The van der Waals surface area contributed by atoms with Crippen LogP contribution < -0.4 is 0 Å². The van der Waals surface area contributed by atoms with E-state index in [-0.39, 0.29) is 4.47 Å². The highest BCUT2D eigenvalue weighted by molar-refractivity contribution is 9.10. The van der Waals surface area contributed by atoms with Crippen molar-refractivity contribution >= 4 is 15.9 Å². The van der Waals surface area contributed by atoms with E-state index in [0.717, 1.165) is 6.07 Å². The minimum Gasteiger partial charge on any atom is -0.206 e. The predicted molar refractivity (Wildman–Crippen MR) is 32.9 cm³/mol. The summed E-state index contributed by atoms with van der Waals surface area (Å²) in [5, 5.41) is 0. The summed E-state index contributed by atoms with van der Waals surface area (Å²) >= 11 is 2.86. The van der Waals surface area contributed by atoms with Gasteiger partial charge in [0.2, 0.25) is 0 Å². The Labute approximate surface area is 59.6 Å². The second-order valence-corrected chi connectivity index (χ2v) is 2.32. The molecule has 0 aromatic heterocycles. The molecule has 0 fully saturated rings. The quantitative estimate of drug-likeness (QED) is 0.554. The highest BCUT2D eigenvalue weighted by Crippen LogP contribution is 2.14. The Hall–Kier alpha value is -0.440. The third-order valence-electron chi connectivity index (χ3n) is 0.815. The fraction of sp³-hybridized carbons (Fsp3) is 0. The Balaban J connectivity index is 3.17. The van der Waals surface area contributed by atoms with Crippen LogP contribution in [0.15, 0.2) is 16.6 Å². The van der Waals surface area contributed by atoms with Crippen LogP contribution in [0.4, 0.5) is 8.78 Å². The van der Waals surface area contributed by atoms with E-state index >= 15 is 0 Å². The topological polar surface area (TPSA) is 0 Å². The fourth-order valence-electron chi connectivity index (χ4n) is 0.426. The number of benzene rings is 1. The first-order valence-electron chi connectivity index (χ1n) is 2.23. The monoisotopic (exact) mass is 191 g/mol. The Morgan fingerprint density at radius 1 is 1.33 bits per heavy atom. The molecule has 0 bridgehead atoms. The summed E-state index contributed by atoms with van der Waals surface area (Å²) in [6.45, 7) is 0. The number of halogens is 3. The summed E-state index contributed by atoms with van der Waals surface area (Å²) in [7, 11) is 0. The van der Waals surface area contributed by atoms with Gasteiger partial charge < -0.3 is 0 Å². The summed E-state index contributed by atoms with van der Waals surface area (Å²) < 4.78 is 24.5. The molecule has 0 N–H and O–H groups in total. The van der Waals surface area contributed by atoms with Crippen LogP contribution in [0.3, 0.4) is 0 Å². The summed E-state index contributed by atoms with van der Waals surface area (Å²) in [6.07, 6.45) is 0. The Morgan fingerprint density at radius 2 is 2.00 bits per heavy atom. The average Bonchev–Trinajstić information content (AvgIpc) is 1.80. The second kappa shape index (κ2) is 2.43. The maximum atomic E-state index is 12.2. The zero-order valence-electron chi connectivity index (χ0n) is 4.29. The van der Waals surface area contributed by atoms with Gasteiger partial charge in [-0.05, 0) is 28.1 Å². The third kappa shape index (κ3) is 1.48. The van der Waals surface area contributed by atoms with Crippen molar-refractivity contribution in [3.63, 3.8) is 0 Å². The van der Waals surface area contributed by atoms with Gasteiger partial charge in [-0.25, -0.2) is 8.78 Å². The molecule has 1 aromatic rings. The fourth-order valence-corrected chi connectivity index (χ4v) is 0.657. The molecule has 0 atom stereocenters. The van der Waals surface area contributed by atoms with E-state index in [2.05, 4.69) is 15.9 Å². The van der Waals surface area contributed by atoms with Crippen molar-refractivity contribution < 1.29 is 8.78 Å². The third-order valence-corrected chi connectivity index (χ3v) is 1.43. The van der Waals surface area contributed by atoms with Crippen molar-refractivity contribution in [1.82, 2.24) is 0 Å². The predicted octanol–water partition coefficient (Wildman–Crippen LogP) is 2.53. The van der Waals surface area contributed by atoms with Gasteiger partial charge in [-0.15, -0.1) is 0 Å². The largest absolute Gasteiger partial charge is 0.206 e. The maximum Gasteiger partial charge on any atom is 0.148 e. The van der Waals surface area contributed by atoms with Gasteiger partial charge in [0.25, 0.3) is 0 Å². The molecule has 0 unspecified atom stereocenters. The average molecular weight is 192 g/mol. The van der Waals surface area contributed by atoms with Crippen LogP contribution in [0.2, 0.25) is 0 Å². The Morgan fingerprint density at radius 3 is 2.44 bits per heavy atom. The standard InChI is InChI=1S/C6H2BrF2/c7-5-2-1-4(8)3-6(5)9/h1-2H. The zero-order chi connectivity index (χ0) is 6.85. The smallest absolute Gasteiger partial charge is 0.148 e. The van der Waals surface area contributed by atoms with E-state index in [1.165, 1.54) is 6.07 Å². The van der Waals surface area contributed by atoms with Crippen molar-refractivity contribution in [2.24, 2.45) is 0 Å². The van der Waals surface area contributed by atoms with Gasteiger partial charge in [-0.1, -0.05) is 0 Å². The van der Waals surface area contributed by atoms with Crippen LogP contribution in [0, 0.1) is 17.7 Å². The molecule has 0 spiro atoms. The molecule has 0 amide bonds. The normalized spacial score (nSPS) is 9.67. The lowest BCUT2D eigenvalue weighted by molar-refractivity contribution is 0.575. The van der Waals surface area contributed by atoms with Gasteiger partial charge in [0.15, 0.2) is 0 Å². The second-order valence-electron chi connectivity index (χ2n) is 1.47. The molecule has 0 aliphatic carbocycles. The van der Waals surface area contributed by atoms with E-state index < -0.39 is 11.6 Å². The molecule has 1 rings (SSSR count). The summed E-state index contributed by atoms with van der Waals surface area (Å²) in [5.74, 6) is -1.38. The first-order chi connectivity index (χ1) is 4.20. The first kappa shape index (κ1) is 6.68. The molecule has 47 valence electrons. The highest BCUT2D eigenvalue weighted by Gasteiger charge is 1.98. The van der Waals surface area contributed by atoms with E-state index in [1.54, 1.807) is 0 Å². The summed E-state index contributed by atoms with van der Waals surface area (Å²) in [5.41, 5.74) is 0. The van der Waals surface area contributed by atoms with Gasteiger partial charge in [-0.3, -0.25) is 0 Å². The number of rotatable bonds is 0. The van der Waals surface area contributed by atoms with Crippen molar-refractivity contribution in [2.45, 2.75) is 0 Å². The molecule has 0 aliphatic heterocycles. The molecule has 3 heteroatoms. The van der Waals surface area contributed by atoms with E-state index in [9.17, 15) is 8.78 Å². The van der Waals surface area contributed by atoms with Gasteiger partial charge in [0, 0.05) is 0 Å². The molecule has 1 radical (unpaired) electrons. The minimum atomic E-state index is -0.699. The van der Waals surface area contributed by atoms with E-state index in [4.69, 9.17) is 0 Å². The highest BCUT2D eigenvalue weighted by atomic mass is 79.9. The van der Waals surface area contributed by atoms with Gasteiger partial charge >= 0.3 is 0 Å². The van der Waals surface area contributed by atoms with Crippen LogP contribution in [-0.2, 0) is 0 Å². The van der Waals surface area contributed by atoms with Crippen LogP contribution in [-0.4, -0.2) is 0 Å². The lowest BCUT2D eigenvalue weighted by Crippen LogP contribution is -1.79. The molecule has 0 nitrogen and oxygen atoms in total. The molecule has 1 aromatic carbocycles. The molecular formula is C6H2BrF2. The van der Waals surface area contributed by atoms with E-state index in [1.807, 2.05) is 6.07 Å². The molecule has 0 aliphatic rings. The van der Waals surface area contributed by atoms with Gasteiger partial charge in [-0.2, -0.15) is 0 Å². The lowest BCUT2D eigenvalue weighted by atomic mass is 10.3. The molecule has 0 heterocycles. The van der Waals surface area contributed by atoms with Crippen molar-refractivity contribution in [1.29, 1.82) is 0 Å². The van der Waals surface area contributed by atoms with Gasteiger partial charge in [0.05, 0.1) is 10.5 Å². The van der Waals surface area contributed by atoms with Crippen LogP contribution in [0.5, 0.6) is 0 Å². The number of hydrogen-bond donors (Lipinski definition) is 0. The zero-order valence-corrected chi connectivity index (χ0v) is 5.87. The minimum absolute atomic E-state index is 0.226. The number of hydrogen-bond acceptors (Lipinski definition) is 0. The Kier molecular flexibility index (Phi) is 1.81. The van der Waals surface area contributed by atoms with Crippen molar-refractivity contribution in [2.75, 3.05) is 0 Å². The Bertz CT molecular complexity index is 222. The molecule has 0 saturated heterocycles. The van der Waals surface area contributed by atoms with Crippen LogP contribution in [0.1, 0.15) is 0 Å². The molecule has 9 heavy (non-hydrogen) atoms.